The van der Waals surface area contributed by atoms with Crippen molar-refractivity contribution in [1.29, 1.82) is 5.26 Å². The molecule has 1 aliphatic rings. The standard InChI is InChI=1S/C14H18N2O2/c1-2-11(8-15)9-16-10-12-3-4-13-14(7-12)18-6-5-17-13/h3-4,7,11,16H,2,5-6,9-10H2,1H3. The van der Waals surface area contributed by atoms with Gasteiger partial charge in [0.2, 0.25) is 0 Å². The summed E-state index contributed by atoms with van der Waals surface area (Å²) in [6, 6.07) is 8.23. The van der Waals surface area contributed by atoms with Gasteiger partial charge in [0, 0.05) is 13.1 Å². The van der Waals surface area contributed by atoms with E-state index in [1.807, 2.05) is 25.1 Å². The van der Waals surface area contributed by atoms with Crippen LogP contribution in [0, 0.1) is 17.2 Å². The Labute approximate surface area is 108 Å². The summed E-state index contributed by atoms with van der Waals surface area (Å²) in [5, 5.41) is 12.1. The lowest BCUT2D eigenvalue weighted by molar-refractivity contribution is 0.171. The second-order valence-corrected chi connectivity index (χ2v) is 4.34. The third-order valence-corrected chi connectivity index (χ3v) is 3.00. The molecule has 1 heterocycles. The zero-order valence-electron chi connectivity index (χ0n) is 10.6. The zero-order chi connectivity index (χ0) is 12.8. The summed E-state index contributed by atoms with van der Waals surface area (Å²) in [5.74, 6) is 1.71. The lowest BCUT2D eigenvalue weighted by Gasteiger charge is -2.19. The van der Waals surface area contributed by atoms with Gasteiger partial charge in [-0.25, -0.2) is 0 Å². The molecule has 0 aromatic heterocycles. The number of nitriles is 1. The number of rotatable bonds is 5. The van der Waals surface area contributed by atoms with Crippen LogP contribution in [-0.2, 0) is 6.54 Å². The van der Waals surface area contributed by atoms with Gasteiger partial charge in [0.1, 0.15) is 13.2 Å². The quantitative estimate of drug-likeness (QED) is 0.864. The van der Waals surface area contributed by atoms with Gasteiger partial charge in [0.05, 0.1) is 12.0 Å². The Morgan fingerprint density at radius 1 is 1.33 bits per heavy atom. The smallest absolute Gasteiger partial charge is 0.161 e. The van der Waals surface area contributed by atoms with E-state index in [4.69, 9.17) is 14.7 Å². The summed E-state index contributed by atoms with van der Waals surface area (Å²) in [5.41, 5.74) is 1.15. The highest BCUT2D eigenvalue weighted by Crippen LogP contribution is 2.30. The van der Waals surface area contributed by atoms with E-state index in [1.54, 1.807) is 0 Å². The highest BCUT2D eigenvalue weighted by atomic mass is 16.6. The summed E-state index contributed by atoms with van der Waals surface area (Å²) < 4.78 is 11.0. The number of hydrogen-bond acceptors (Lipinski definition) is 4. The van der Waals surface area contributed by atoms with E-state index in [9.17, 15) is 0 Å². The number of hydrogen-bond donors (Lipinski definition) is 1. The van der Waals surface area contributed by atoms with E-state index in [0.717, 1.165) is 36.6 Å². The molecule has 18 heavy (non-hydrogen) atoms. The molecule has 1 aliphatic heterocycles. The Bertz CT molecular complexity index is 440. The second kappa shape index (κ2) is 6.27. The van der Waals surface area contributed by atoms with Crippen molar-refractivity contribution in [1.82, 2.24) is 5.32 Å². The molecule has 0 spiro atoms. The molecule has 1 unspecified atom stereocenters. The fourth-order valence-electron chi connectivity index (χ4n) is 1.87. The normalized spacial score (nSPS) is 14.9. The van der Waals surface area contributed by atoms with E-state index in [2.05, 4.69) is 11.4 Å². The van der Waals surface area contributed by atoms with Crippen molar-refractivity contribution in [2.24, 2.45) is 5.92 Å². The minimum Gasteiger partial charge on any atom is -0.486 e. The molecule has 96 valence electrons. The van der Waals surface area contributed by atoms with Crippen LogP contribution >= 0.6 is 0 Å². The van der Waals surface area contributed by atoms with Crippen molar-refractivity contribution in [3.8, 4) is 17.6 Å². The highest BCUT2D eigenvalue weighted by Gasteiger charge is 2.11. The van der Waals surface area contributed by atoms with Gasteiger partial charge in [-0.1, -0.05) is 13.0 Å². The maximum absolute atomic E-state index is 8.85. The first kappa shape index (κ1) is 12.7. The Morgan fingerprint density at radius 3 is 2.83 bits per heavy atom. The molecule has 2 rings (SSSR count). The van der Waals surface area contributed by atoms with Crippen molar-refractivity contribution in [2.75, 3.05) is 19.8 Å². The van der Waals surface area contributed by atoms with Gasteiger partial charge in [-0.15, -0.1) is 0 Å². The molecule has 0 fully saturated rings. The first-order chi connectivity index (χ1) is 8.83. The molecular weight excluding hydrogens is 228 g/mol. The number of benzene rings is 1. The predicted octanol–water partition coefficient (Wildman–Crippen LogP) is 2.10. The zero-order valence-corrected chi connectivity index (χ0v) is 10.6. The minimum atomic E-state index is 0.0854. The number of nitrogens with one attached hydrogen (secondary N) is 1. The van der Waals surface area contributed by atoms with E-state index >= 15 is 0 Å². The lowest BCUT2D eigenvalue weighted by Crippen LogP contribution is -2.21. The van der Waals surface area contributed by atoms with Gasteiger partial charge >= 0.3 is 0 Å². The third kappa shape index (κ3) is 3.14. The summed E-state index contributed by atoms with van der Waals surface area (Å²) in [7, 11) is 0. The largest absolute Gasteiger partial charge is 0.486 e. The number of nitrogens with zero attached hydrogens (tertiary/aromatic N) is 1. The summed E-state index contributed by atoms with van der Waals surface area (Å²) in [6.07, 6.45) is 0.880. The van der Waals surface area contributed by atoms with Gasteiger partial charge in [-0.2, -0.15) is 5.26 Å². The Balaban J connectivity index is 1.88. The topological polar surface area (TPSA) is 54.3 Å². The van der Waals surface area contributed by atoms with Crippen molar-refractivity contribution < 1.29 is 9.47 Å². The van der Waals surface area contributed by atoms with E-state index in [0.29, 0.717) is 13.2 Å². The molecule has 1 aromatic carbocycles. The van der Waals surface area contributed by atoms with Crippen molar-refractivity contribution in [3.05, 3.63) is 23.8 Å². The summed E-state index contributed by atoms with van der Waals surface area (Å²) >= 11 is 0. The van der Waals surface area contributed by atoms with Gasteiger partial charge in [0.15, 0.2) is 11.5 Å². The van der Waals surface area contributed by atoms with Crippen molar-refractivity contribution in [2.45, 2.75) is 19.9 Å². The van der Waals surface area contributed by atoms with E-state index in [-0.39, 0.29) is 5.92 Å². The molecule has 0 saturated carbocycles. The van der Waals surface area contributed by atoms with Crippen LogP contribution in [0.25, 0.3) is 0 Å². The van der Waals surface area contributed by atoms with Gasteiger partial charge in [-0.3, -0.25) is 0 Å². The molecule has 0 aliphatic carbocycles. The van der Waals surface area contributed by atoms with E-state index in [1.165, 1.54) is 0 Å². The molecule has 0 radical (unpaired) electrons. The fraction of sp³-hybridized carbons (Fsp3) is 0.500. The molecule has 4 heteroatoms. The summed E-state index contributed by atoms with van der Waals surface area (Å²) in [4.78, 5) is 0. The van der Waals surface area contributed by atoms with Gasteiger partial charge < -0.3 is 14.8 Å². The Kier molecular flexibility index (Phi) is 4.43. The monoisotopic (exact) mass is 246 g/mol. The average Bonchev–Trinajstić information content (AvgIpc) is 2.43. The summed E-state index contributed by atoms with van der Waals surface area (Å²) in [6.45, 7) is 4.72. The molecular formula is C14H18N2O2. The fourth-order valence-corrected chi connectivity index (χ4v) is 1.87. The average molecular weight is 246 g/mol. The van der Waals surface area contributed by atoms with Gasteiger partial charge in [-0.05, 0) is 24.1 Å². The molecule has 1 atom stereocenters. The van der Waals surface area contributed by atoms with Crippen LogP contribution in [-0.4, -0.2) is 19.8 Å². The Morgan fingerprint density at radius 2 is 2.11 bits per heavy atom. The van der Waals surface area contributed by atoms with Crippen LogP contribution in [0.2, 0.25) is 0 Å². The molecule has 0 saturated heterocycles. The molecule has 0 bridgehead atoms. The number of fused-ring (bicyclic) bond motifs is 1. The Hall–Kier alpha value is -1.73. The van der Waals surface area contributed by atoms with Crippen molar-refractivity contribution >= 4 is 0 Å². The number of ether oxygens (including phenoxy) is 2. The molecule has 1 N–H and O–H groups in total. The van der Waals surface area contributed by atoms with E-state index < -0.39 is 0 Å². The van der Waals surface area contributed by atoms with Crippen LogP contribution in [0.1, 0.15) is 18.9 Å². The first-order valence-electron chi connectivity index (χ1n) is 6.32. The predicted molar refractivity (Wildman–Crippen MR) is 68.5 cm³/mol. The lowest BCUT2D eigenvalue weighted by atomic mass is 10.1. The van der Waals surface area contributed by atoms with Gasteiger partial charge in [0.25, 0.3) is 0 Å². The second-order valence-electron chi connectivity index (χ2n) is 4.34. The van der Waals surface area contributed by atoms with Crippen molar-refractivity contribution in [3.63, 3.8) is 0 Å². The van der Waals surface area contributed by atoms with Crippen LogP contribution in [0.5, 0.6) is 11.5 Å². The SMILES string of the molecule is CCC(C#N)CNCc1ccc2c(c1)OCCO2. The molecule has 0 amide bonds. The van der Waals surface area contributed by atoms with Crippen LogP contribution < -0.4 is 14.8 Å². The maximum Gasteiger partial charge on any atom is 0.161 e. The first-order valence-corrected chi connectivity index (χ1v) is 6.32. The molecule has 1 aromatic rings. The van der Waals surface area contributed by atoms with Crippen LogP contribution in [0.3, 0.4) is 0 Å². The van der Waals surface area contributed by atoms with Crippen LogP contribution in [0.4, 0.5) is 0 Å². The minimum absolute atomic E-state index is 0.0854. The molecule has 4 nitrogen and oxygen atoms in total. The maximum atomic E-state index is 8.85. The third-order valence-electron chi connectivity index (χ3n) is 3.00. The van der Waals surface area contributed by atoms with Crippen LogP contribution in [0.15, 0.2) is 18.2 Å². The highest BCUT2D eigenvalue weighted by molar-refractivity contribution is 5.43.